The van der Waals surface area contributed by atoms with Crippen LogP contribution in [-0.2, 0) is 16.0 Å². The van der Waals surface area contributed by atoms with E-state index >= 15 is 0 Å². The number of benzene rings is 1. The lowest BCUT2D eigenvalue weighted by Gasteiger charge is -2.16. The van der Waals surface area contributed by atoms with E-state index in [0.29, 0.717) is 11.6 Å². The van der Waals surface area contributed by atoms with Crippen LogP contribution in [-0.4, -0.2) is 12.2 Å². The number of rotatable bonds is 8. The lowest BCUT2D eigenvalue weighted by molar-refractivity contribution is 0.564. The van der Waals surface area contributed by atoms with Gasteiger partial charge in [-0.1, -0.05) is 44.1 Å². The van der Waals surface area contributed by atoms with E-state index in [9.17, 15) is 9.59 Å². The highest BCUT2D eigenvalue weighted by Gasteiger charge is 2.09. The summed E-state index contributed by atoms with van der Waals surface area (Å²) in [6.45, 7) is 6.29. The fourth-order valence-corrected chi connectivity index (χ4v) is 2.49. The van der Waals surface area contributed by atoms with Gasteiger partial charge >= 0.3 is 0 Å². The molecule has 0 radical (unpaired) electrons. The Kier molecular flexibility index (Phi) is 8.23. The highest BCUT2D eigenvalue weighted by Crippen LogP contribution is 2.25. The SMILES string of the molecule is CCC[C@@H](C)/C(=C\C=C\N=C=O)Cc1ccc(N=C=O)c(C)c1. The Morgan fingerprint density at radius 3 is 2.70 bits per heavy atom. The average Bonchev–Trinajstić information content (AvgIpc) is 2.53. The van der Waals surface area contributed by atoms with E-state index in [2.05, 4.69) is 23.8 Å². The maximum atomic E-state index is 10.4. The normalized spacial score (nSPS) is 12.6. The predicted molar refractivity (Wildman–Crippen MR) is 92.1 cm³/mol. The second-order valence-electron chi connectivity index (χ2n) is 5.49. The summed E-state index contributed by atoms with van der Waals surface area (Å²) >= 11 is 0. The number of nitrogens with zero attached hydrogens (tertiary/aromatic N) is 2. The van der Waals surface area contributed by atoms with E-state index in [0.717, 1.165) is 30.4 Å². The van der Waals surface area contributed by atoms with Gasteiger partial charge in [-0.3, -0.25) is 0 Å². The quantitative estimate of drug-likeness (QED) is 0.396. The summed E-state index contributed by atoms with van der Waals surface area (Å²) in [7, 11) is 0. The first-order valence-electron chi connectivity index (χ1n) is 7.72. The standard InChI is InChI=1S/C19H22N2O2/c1-4-6-15(2)18(7-5-10-20-13-22)12-17-8-9-19(21-14-23)16(3)11-17/h5,7-11,15H,4,6,12H2,1-3H3/b10-5+,18-7-/t15-/m1/s1. The summed E-state index contributed by atoms with van der Waals surface area (Å²) in [6, 6.07) is 5.85. The minimum atomic E-state index is 0.442. The lowest BCUT2D eigenvalue weighted by Crippen LogP contribution is -2.03. The molecule has 120 valence electrons. The van der Waals surface area contributed by atoms with Gasteiger partial charge in [-0.2, -0.15) is 9.98 Å². The molecule has 4 heteroatoms. The summed E-state index contributed by atoms with van der Waals surface area (Å²) in [5.41, 5.74) is 4.04. The maximum Gasteiger partial charge on any atom is 0.240 e. The summed E-state index contributed by atoms with van der Waals surface area (Å²) in [5, 5.41) is 0. The molecule has 0 fully saturated rings. The van der Waals surface area contributed by atoms with Gasteiger partial charge in [0.25, 0.3) is 0 Å². The molecule has 0 unspecified atom stereocenters. The van der Waals surface area contributed by atoms with Crippen LogP contribution in [0.1, 0.15) is 37.8 Å². The van der Waals surface area contributed by atoms with Gasteiger partial charge in [-0.25, -0.2) is 9.59 Å². The molecule has 1 rings (SSSR count). The number of aryl methyl sites for hydroxylation is 1. The second-order valence-corrected chi connectivity index (χ2v) is 5.49. The minimum absolute atomic E-state index is 0.442. The first-order chi connectivity index (χ1) is 11.1. The number of aliphatic imine (C=N–C) groups is 2. The van der Waals surface area contributed by atoms with E-state index in [4.69, 9.17) is 0 Å². The van der Waals surface area contributed by atoms with Crippen molar-refractivity contribution in [2.75, 3.05) is 0 Å². The molecule has 0 N–H and O–H groups in total. The van der Waals surface area contributed by atoms with Crippen molar-refractivity contribution in [3.05, 3.63) is 53.3 Å². The molecule has 1 aromatic carbocycles. The van der Waals surface area contributed by atoms with Crippen LogP contribution in [0.15, 0.2) is 52.1 Å². The monoisotopic (exact) mass is 310 g/mol. The molecule has 0 aliphatic carbocycles. The first kappa shape index (κ1) is 18.5. The van der Waals surface area contributed by atoms with Gasteiger partial charge in [0.05, 0.1) is 5.69 Å². The Balaban J connectivity index is 3.02. The molecule has 23 heavy (non-hydrogen) atoms. The third-order valence-electron chi connectivity index (χ3n) is 3.71. The van der Waals surface area contributed by atoms with Gasteiger partial charge in [-0.05, 0) is 49.0 Å². The fraction of sp³-hybridized carbons (Fsp3) is 0.368. The van der Waals surface area contributed by atoms with Gasteiger partial charge in [0.1, 0.15) is 0 Å². The number of carbonyl (C=O) groups excluding carboxylic acids is 2. The zero-order chi connectivity index (χ0) is 17.1. The molecule has 1 atom stereocenters. The molecular weight excluding hydrogens is 288 g/mol. The minimum Gasteiger partial charge on any atom is -0.211 e. The predicted octanol–water partition coefficient (Wildman–Crippen LogP) is 4.72. The van der Waals surface area contributed by atoms with Crippen LogP contribution >= 0.6 is 0 Å². The Morgan fingerprint density at radius 2 is 2.09 bits per heavy atom. The van der Waals surface area contributed by atoms with Crippen LogP contribution in [0.3, 0.4) is 0 Å². The van der Waals surface area contributed by atoms with Gasteiger partial charge in [0.15, 0.2) is 0 Å². The lowest BCUT2D eigenvalue weighted by atomic mass is 9.90. The van der Waals surface area contributed by atoms with E-state index in [-0.39, 0.29) is 0 Å². The zero-order valence-electron chi connectivity index (χ0n) is 13.9. The van der Waals surface area contributed by atoms with Crippen molar-refractivity contribution >= 4 is 17.8 Å². The Hall–Kier alpha value is -2.54. The van der Waals surface area contributed by atoms with E-state index < -0.39 is 0 Å². The smallest absolute Gasteiger partial charge is 0.211 e. The Labute approximate surface area is 137 Å². The highest BCUT2D eigenvalue weighted by molar-refractivity contribution is 5.54. The Bertz CT molecular complexity index is 677. The molecule has 0 aliphatic rings. The van der Waals surface area contributed by atoms with Gasteiger partial charge < -0.3 is 0 Å². The molecule has 0 aromatic heterocycles. The van der Waals surface area contributed by atoms with Gasteiger partial charge in [0.2, 0.25) is 12.2 Å². The van der Waals surface area contributed by atoms with E-state index in [1.807, 2.05) is 31.2 Å². The van der Waals surface area contributed by atoms with Crippen molar-refractivity contribution in [1.29, 1.82) is 0 Å². The molecule has 0 saturated heterocycles. The molecule has 1 aromatic rings. The van der Waals surface area contributed by atoms with Crippen LogP contribution < -0.4 is 0 Å². The topological polar surface area (TPSA) is 58.9 Å². The van der Waals surface area contributed by atoms with Crippen LogP contribution in [0.5, 0.6) is 0 Å². The zero-order valence-corrected chi connectivity index (χ0v) is 13.9. The van der Waals surface area contributed by atoms with Crippen LogP contribution in [0.2, 0.25) is 0 Å². The molecule has 0 saturated carbocycles. The van der Waals surface area contributed by atoms with Crippen molar-refractivity contribution in [3.63, 3.8) is 0 Å². The van der Waals surface area contributed by atoms with Crippen molar-refractivity contribution in [2.24, 2.45) is 15.9 Å². The van der Waals surface area contributed by atoms with E-state index in [1.54, 1.807) is 12.2 Å². The van der Waals surface area contributed by atoms with Crippen molar-refractivity contribution < 1.29 is 9.59 Å². The summed E-state index contributed by atoms with van der Waals surface area (Å²) in [4.78, 5) is 27.6. The van der Waals surface area contributed by atoms with Gasteiger partial charge in [0, 0.05) is 6.20 Å². The number of hydrogen-bond donors (Lipinski definition) is 0. The third-order valence-corrected chi connectivity index (χ3v) is 3.71. The molecule has 0 bridgehead atoms. The van der Waals surface area contributed by atoms with Crippen LogP contribution in [0.25, 0.3) is 0 Å². The van der Waals surface area contributed by atoms with E-state index in [1.165, 1.54) is 17.9 Å². The van der Waals surface area contributed by atoms with Gasteiger partial charge in [-0.15, -0.1) is 0 Å². The van der Waals surface area contributed by atoms with Crippen molar-refractivity contribution in [1.82, 2.24) is 0 Å². The van der Waals surface area contributed by atoms with Crippen molar-refractivity contribution in [2.45, 2.75) is 40.0 Å². The molecule has 4 nitrogen and oxygen atoms in total. The summed E-state index contributed by atoms with van der Waals surface area (Å²) < 4.78 is 0. The molecular formula is C19H22N2O2. The number of hydrogen-bond acceptors (Lipinski definition) is 4. The third kappa shape index (κ3) is 6.39. The number of isocyanates is 2. The van der Waals surface area contributed by atoms with Crippen LogP contribution in [0.4, 0.5) is 5.69 Å². The number of allylic oxidation sites excluding steroid dienone is 3. The molecule has 0 spiro atoms. The summed E-state index contributed by atoms with van der Waals surface area (Å²) in [5.74, 6) is 0.442. The summed E-state index contributed by atoms with van der Waals surface area (Å²) in [6.07, 6.45) is 11.3. The highest BCUT2D eigenvalue weighted by atomic mass is 16.1. The molecule has 0 aliphatic heterocycles. The average molecular weight is 310 g/mol. The molecule has 0 heterocycles. The van der Waals surface area contributed by atoms with Crippen LogP contribution in [0, 0.1) is 12.8 Å². The van der Waals surface area contributed by atoms with Crippen molar-refractivity contribution in [3.8, 4) is 0 Å². The first-order valence-corrected chi connectivity index (χ1v) is 7.72. The second kappa shape index (κ2) is 10.2. The maximum absolute atomic E-state index is 10.4. The largest absolute Gasteiger partial charge is 0.240 e. The fourth-order valence-electron chi connectivity index (χ4n) is 2.49. The molecule has 0 amide bonds. The Morgan fingerprint density at radius 1 is 1.30 bits per heavy atom.